The predicted octanol–water partition coefficient (Wildman–Crippen LogP) is 1.65. The van der Waals surface area contributed by atoms with Crippen LogP contribution < -0.4 is 5.73 Å². The first kappa shape index (κ1) is 8.85. The van der Waals surface area contributed by atoms with E-state index in [-0.39, 0.29) is 5.54 Å². The molecule has 78 valence electrons. The molecule has 2 aromatic heterocycles. The van der Waals surface area contributed by atoms with Crippen LogP contribution >= 0.6 is 0 Å². The van der Waals surface area contributed by atoms with Crippen molar-refractivity contribution in [3.63, 3.8) is 0 Å². The van der Waals surface area contributed by atoms with Crippen molar-refractivity contribution in [2.45, 2.75) is 31.2 Å². The van der Waals surface area contributed by atoms with Gasteiger partial charge in [0.2, 0.25) is 0 Å². The monoisotopic (exact) mass is 203 g/mol. The molecule has 0 radical (unpaired) electrons. The average Bonchev–Trinajstić information content (AvgIpc) is 2.86. The van der Waals surface area contributed by atoms with E-state index in [1.54, 1.807) is 12.4 Å². The molecule has 2 aromatic rings. The second kappa shape index (κ2) is 3.03. The summed E-state index contributed by atoms with van der Waals surface area (Å²) in [6.07, 6.45) is 7.64. The molecule has 1 saturated carbocycles. The van der Waals surface area contributed by atoms with E-state index in [0.29, 0.717) is 0 Å². The highest BCUT2D eigenvalue weighted by atomic mass is 16.5. The van der Waals surface area contributed by atoms with Crippen molar-refractivity contribution in [1.82, 2.24) is 10.1 Å². The molecule has 3 rings (SSSR count). The Hall–Kier alpha value is -1.42. The van der Waals surface area contributed by atoms with Gasteiger partial charge in [-0.1, -0.05) is 5.16 Å². The topological polar surface area (TPSA) is 64.9 Å². The van der Waals surface area contributed by atoms with Crippen molar-refractivity contribution >= 4 is 11.0 Å². The maximum absolute atomic E-state index is 6.04. The molecule has 2 N–H and O–H groups in total. The molecular formula is C11H13N3O. The summed E-state index contributed by atoms with van der Waals surface area (Å²) < 4.78 is 5.18. The van der Waals surface area contributed by atoms with E-state index in [2.05, 4.69) is 10.1 Å². The largest absolute Gasteiger partial charge is 0.354 e. The molecule has 4 nitrogen and oxygen atoms in total. The lowest BCUT2D eigenvalue weighted by Crippen LogP contribution is -2.22. The maximum Gasteiger partial charge on any atom is 0.185 e. The molecule has 15 heavy (non-hydrogen) atoms. The smallest absolute Gasteiger partial charge is 0.185 e. The van der Waals surface area contributed by atoms with E-state index in [1.807, 2.05) is 6.07 Å². The SMILES string of the molecule is NC1(CCc2noc3cnccc23)CC1. The third-order valence-electron chi connectivity index (χ3n) is 3.10. The normalized spacial score (nSPS) is 18.2. The van der Waals surface area contributed by atoms with Crippen LogP contribution in [0.5, 0.6) is 0 Å². The van der Waals surface area contributed by atoms with Crippen molar-refractivity contribution in [2.75, 3.05) is 0 Å². The summed E-state index contributed by atoms with van der Waals surface area (Å²) in [6, 6.07) is 1.94. The Kier molecular flexibility index (Phi) is 1.79. The minimum atomic E-state index is 0.0817. The van der Waals surface area contributed by atoms with Crippen molar-refractivity contribution in [3.05, 3.63) is 24.2 Å². The Balaban J connectivity index is 1.84. The molecule has 0 spiro atoms. The molecule has 0 atom stereocenters. The lowest BCUT2D eigenvalue weighted by atomic mass is 10.1. The molecule has 2 heterocycles. The van der Waals surface area contributed by atoms with Crippen molar-refractivity contribution < 1.29 is 4.52 Å². The highest BCUT2D eigenvalue weighted by Crippen LogP contribution is 2.36. The fourth-order valence-electron chi connectivity index (χ4n) is 1.80. The van der Waals surface area contributed by atoms with E-state index in [0.717, 1.165) is 42.3 Å². The van der Waals surface area contributed by atoms with Crippen molar-refractivity contribution in [2.24, 2.45) is 5.73 Å². The summed E-state index contributed by atoms with van der Waals surface area (Å²) in [5.74, 6) is 0. The van der Waals surface area contributed by atoms with Crippen LogP contribution in [0.2, 0.25) is 0 Å². The third-order valence-corrected chi connectivity index (χ3v) is 3.10. The van der Waals surface area contributed by atoms with Gasteiger partial charge in [-0.3, -0.25) is 4.98 Å². The van der Waals surface area contributed by atoms with Gasteiger partial charge in [0, 0.05) is 17.1 Å². The molecular weight excluding hydrogens is 190 g/mol. The molecule has 4 heteroatoms. The van der Waals surface area contributed by atoms with Gasteiger partial charge < -0.3 is 10.3 Å². The number of hydrogen-bond donors (Lipinski definition) is 1. The fraction of sp³-hybridized carbons (Fsp3) is 0.455. The zero-order valence-electron chi connectivity index (χ0n) is 8.44. The van der Waals surface area contributed by atoms with Crippen LogP contribution in [0.4, 0.5) is 0 Å². The number of aromatic nitrogens is 2. The quantitative estimate of drug-likeness (QED) is 0.823. The van der Waals surface area contributed by atoms with E-state index in [1.165, 1.54) is 0 Å². The molecule has 0 amide bonds. The molecule has 1 aliphatic rings. The first-order valence-corrected chi connectivity index (χ1v) is 5.24. The van der Waals surface area contributed by atoms with Gasteiger partial charge in [0.15, 0.2) is 5.58 Å². The maximum atomic E-state index is 6.04. The van der Waals surface area contributed by atoms with Crippen LogP contribution in [0.3, 0.4) is 0 Å². The average molecular weight is 203 g/mol. The number of nitrogens with zero attached hydrogens (tertiary/aromatic N) is 2. The van der Waals surface area contributed by atoms with Crippen LogP contribution in [0.1, 0.15) is 25.0 Å². The number of hydrogen-bond acceptors (Lipinski definition) is 4. The highest BCUT2D eigenvalue weighted by molar-refractivity contribution is 5.78. The summed E-state index contributed by atoms with van der Waals surface area (Å²) in [5.41, 5.74) is 7.88. The second-order valence-corrected chi connectivity index (χ2v) is 4.36. The second-order valence-electron chi connectivity index (χ2n) is 4.36. The number of rotatable bonds is 3. The van der Waals surface area contributed by atoms with Gasteiger partial charge in [-0.25, -0.2) is 0 Å². The predicted molar refractivity (Wildman–Crippen MR) is 56.3 cm³/mol. The number of aryl methyl sites for hydroxylation is 1. The summed E-state index contributed by atoms with van der Waals surface area (Å²) in [7, 11) is 0. The fourth-order valence-corrected chi connectivity index (χ4v) is 1.80. The zero-order chi connectivity index (χ0) is 10.3. The summed E-state index contributed by atoms with van der Waals surface area (Å²) in [4.78, 5) is 3.99. The Morgan fingerprint density at radius 1 is 1.47 bits per heavy atom. The Morgan fingerprint density at radius 2 is 2.33 bits per heavy atom. The van der Waals surface area contributed by atoms with Gasteiger partial charge in [-0.2, -0.15) is 0 Å². The van der Waals surface area contributed by atoms with Crippen LogP contribution in [0.15, 0.2) is 23.0 Å². The molecule has 1 aliphatic carbocycles. The Bertz CT molecular complexity index is 487. The summed E-state index contributed by atoms with van der Waals surface area (Å²) in [5, 5.41) is 5.12. The Morgan fingerprint density at radius 3 is 3.13 bits per heavy atom. The van der Waals surface area contributed by atoms with Crippen molar-refractivity contribution in [1.29, 1.82) is 0 Å². The highest BCUT2D eigenvalue weighted by Gasteiger charge is 2.37. The first-order valence-electron chi connectivity index (χ1n) is 5.24. The van der Waals surface area contributed by atoms with Crippen LogP contribution in [0.25, 0.3) is 11.0 Å². The van der Waals surface area contributed by atoms with Gasteiger partial charge in [0.25, 0.3) is 0 Å². The van der Waals surface area contributed by atoms with Crippen LogP contribution in [-0.4, -0.2) is 15.7 Å². The van der Waals surface area contributed by atoms with E-state index in [4.69, 9.17) is 10.3 Å². The minimum absolute atomic E-state index is 0.0817. The van der Waals surface area contributed by atoms with E-state index < -0.39 is 0 Å². The van der Waals surface area contributed by atoms with Crippen LogP contribution in [0, 0.1) is 0 Å². The first-order chi connectivity index (χ1) is 7.27. The van der Waals surface area contributed by atoms with E-state index >= 15 is 0 Å². The summed E-state index contributed by atoms with van der Waals surface area (Å²) in [6.45, 7) is 0. The number of pyridine rings is 1. The molecule has 1 fully saturated rings. The Labute approximate surface area is 87.5 Å². The molecule has 0 bridgehead atoms. The molecule has 0 aliphatic heterocycles. The number of fused-ring (bicyclic) bond motifs is 1. The summed E-state index contributed by atoms with van der Waals surface area (Å²) >= 11 is 0. The minimum Gasteiger partial charge on any atom is -0.354 e. The molecule has 0 aromatic carbocycles. The third kappa shape index (κ3) is 1.61. The lowest BCUT2D eigenvalue weighted by molar-refractivity contribution is 0.441. The molecule has 0 saturated heterocycles. The zero-order valence-corrected chi connectivity index (χ0v) is 8.44. The number of nitrogens with two attached hydrogens (primary N) is 1. The standard InChI is InChI=1S/C11H13N3O/c12-11(4-5-11)3-1-9-8-2-6-13-7-10(8)15-14-9/h2,6-7H,1,3-5,12H2. The van der Waals surface area contributed by atoms with Gasteiger partial charge in [-0.05, 0) is 31.7 Å². The van der Waals surface area contributed by atoms with E-state index in [9.17, 15) is 0 Å². The van der Waals surface area contributed by atoms with Crippen molar-refractivity contribution in [3.8, 4) is 0 Å². The van der Waals surface area contributed by atoms with Gasteiger partial charge in [-0.15, -0.1) is 0 Å². The van der Waals surface area contributed by atoms with Gasteiger partial charge in [0.1, 0.15) is 0 Å². The molecule has 0 unspecified atom stereocenters. The van der Waals surface area contributed by atoms with Gasteiger partial charge in [0.05, 0.1) is 11.9 Å². The lowest BCUT2D eigenvalue weighted by Gasteiger charge is -2.05. The van der Waals surface area contributed by atoms with Gasteiger partial charge >= 0.3 is 0 Å². The van der Waals surface area contributed by atoms with Crippen LogP contribution in [-0.2, 0) is 6.42 Å².